The largest absolute Gasteiger partial charge is 0.433 e. The first-order valence-corrected chi connectivity index (χ1v) is 9.93. The number of hydrogen-bond donors (Lipinski definition) is 4. The second kappa shape index (κ2) is 11.4. The molecule has 168 valence electrons. The van der Waals surface area contributed by atoms with Gasteiger partial charge in [-0.05, 0) is 23.6 Å². The van der Waals surface area contributed by atoms with E-state index in [0.29, 0.717) is 12.5 Å². The summed E-state index contributed by atoms with van der Waals surface area (Å²) in [5, 5.41) is 20.3. The zero-order chi connectivity index (χ0) is 21.6. The first-order chi connectivity index (χ1) is 14.4. The van der Waals surface area contributed by atoms with E-state index in [9.17, 15) is 18.3 Å². The molecule has 0 radical (unpaired) electrons. The molecule has 2 heterocycles. The zero-order valence-corrected chi connectivity index (χ0v) is 19.6. The Balaban J connectivity index is 0.00000341. The molecule has 0 fully saturated rings. The summed E-state index contributed by atoms with van der Waals surface area (Å²) in [6, 6.07) is 10.7. The maximum absolute atomic E-state index is 12.7. The minimum atomic E-state index is -4.52. The molecule has 31 heavy (non-hydrogen) atoms. The quantitative estimate of drug-likeness (QED) is 0.151. The van der Waals surface area contributed by atoms with Gasteiger partial charge in [0.15, 0.2) is 5.96 Å². The number of aliphatic hydroxyl groups excluding tert-OH is 1. The van der Waals surface area contributed by atoms with Gasteiger partial charge >= 0.3 is 6.18 Å². The number of halogens is 4. The highest BCUT2D eigenvalue weighted by Gasteiger charge is 2.32. The van der Waals surface area contributed by atoms with Crippen molar-refractivity contribution in [1.82, 2.24) is 20.6 Å². The van der Waals surface area contributed by atoms with Crippen LogP contribution in [-0.4, -0.2) is 47.7 Å². The first-order valence-electron chi connectivity index (χ1n) is 9.12. The van der Waals surface area contributed by atoms with Crippen LogP contribution in [0.3, 0.4) is 0 Å². The molecule has 0 saturated heterocycles. The number of hydrogen-bond acceptors (Lipinski definition) is 6. The fourth-order valence-electron chi connectivity index (χ4n) is 2.64. The Labute approximate surface area is 198 Å². The number of benzene rings is 1. The molecular weight excluding hydrogens is 544 g/mol. The number of nitrogens with one attached hydrogen (secondary N) is 3. The summed E-state index contributed by atoms with van der Waals surface area (Å²) in [5.74, 6) is 0.358. The van der Waals surface area contributed by atoms with E-state index in [4.69, 9.17) is 0 Å². The summed E-state index contributed by atoms with van der Waals surface area (Å²) >= 11 is 1.53. The molecule has 0 aliphatic heterocycles. The number of aliphatic imine (C=N–C) groups is 1. The molecule has 7 nitrogen and oxygen atoms in total. The summed E-state index contributed by atoms with van der Waals surface area (Å²) in [6.45, 7) is 0.899. The van der Waals surface area contributed by atoms with E-state index in [-0.39, 0.29) is 43.0 Å². The lowest BCUT2D eigenvalue weighted by Gasteiger charge is -2.15. The molecule has 1 aromatic carbocycles. The van der Waals surface area contributed by atoms with Gasteiger partial charge in [-0.3, -0.25) is 4.99 Å². The lowest BCUT2D eigenvalue weighted by atomic mass is 10.2. The SMILES string of the molecule is CN=C(NCCNc1nccc(C(F)(F)F)n1)NCC(O)c1cc2ccccc2s1.I. The lowest BCUT2D eigenvalue weighted by Crippen LogP contribution is -2.41. The number of nitrogens with zero attached hydrogens (tertiary/aromatic N) is 3. The summed E-state index contributed by atoms with van der Waals surface area (Å²) in [5.41, 5.74) is -0.999. The van der Waals surface area contributed by atoms with Crippen LogP contribution in [0.4, 0.5) is 19.1 Å². The van der Waals surface area contributed by atoms with E-state index in [2.05, 4.69) is 30.9 Å². The molecule has 1 unspecified atom stereocenters. The average Bonchev–Trinajstić information content (AvgIpc) is 3.17. The second-order valence-electron chi connectivity index (χ2n) is 6.27. The molecule has 3 rings (SSSR count). The van der Waals surface area contributed by atoms with Crippen molar-refractivity contribution in [2.75, 3.05) is 32.0 Å². The number of aliphatic hydroxyl groups is 1. The number of thiophene rings is 1. The zero-order valence-electron chi connectivity index (χ0n) is 16.5. The van der Waals surface area contributed by atoms with Gasteiger partial charge in [0, 0.05) is 42.5 Å². The Morgan fingerprint density at radius 1 is 1.19 bits per heavy atom. The van der Waals surface area contributed by atoms with E-state index < -0.39 is 18.0 Å². The Morgan fingerprint density at radius 3 is 2.68 bits per heavy atom. The van der Waals surface area contributed by atoms with Crippen molar-refractivity contribution in [3.8, 4) is 0 Å². The van der Waals surface area contributed by atoms with Crippen LogP contribution in [0.15, 0.2) is 47.6 Å². The van der Waals surface area contributed by atoms with Crippen molar-refractivity contribution in [1.29, 1.82) is 0 Å². The molecule has 0 bridgehead atoms. The highest BCUT2D eigenvalue weighted by molar-refractivity contribution is 14.0. The van der Waals surface area contributed by atoms with Gasteiger partial charge in [-0.15, -0.1) is 35.3 Å². The predicted molar refractivity (Wildman–Crippen MR) is 127 cm³/mol. The molecule has 2 aromatic heterocycles. The second-order valence-corrected chi connectivity index (χ2v) is 7.39. The van der Waals surface area contributed by atoms with Gasteiger partial charge in [-0.2, -0.15) is 13.2 Å². The van der Waals surface area contributed by atoms with Gasteiger partial charge in [-0.1, -0.05) is 18.2 Å². The topological polar surface area (TPSA) is 94.5 Å². The first kappa shape index (κ1) is 25.1. The van der Waals surface area contributed by atoms with Gasteiger partial charge in [0.2, 0.25) is 5.95 Å². The van der Waals surface area contributed by atoms with Crippen LogP contribution < -0.4 is 16.0 Å². The number of aromatic nitrogens is 2. The summed E-state index contributed by atoms with van der Waals surface area (Å²) in [4.78, 5) is 12.1. The van der Waals surface area contributed by atoms with Gasteiger partial charge < -0.3 is 21.1 Å². The normalized spacial score (nSPS) is 12.9. The third kappa shape index (κ3) is 7.18. The Bertz CT molecular complexity index is 980. The molecule has 0 aliphatic carbocycles. The fourth-order valence-corrected chi connectivity index (χ4v) is 3.69. The van der Waals surface area contributed by atoms with Gasteiger partial charge in [-0.25, -0.2) is 9.97 Å². The van der Waals surface area contributed by atoms with Crippen LogP contribution in [0.2, 0.25) is 0 Å². The molecule has 4 N–H and O–H groups in total. The van der Waals surface area contributed by atoms with Crippen molar-refractivity contribution >= 4 is 57.3 Å². The van der Waals surface area contributed by atoms with Gasteiger partial charge in [0.25, 0.3) is 0 Å². The Hall–Kier alpha value is -2.19. The van der Waals surface area contributed by atoms with Crippen molar-refractivity contribution < 1.29 is 18.3 Å². The van der Waals surface area contributed by atoms with E-state index >= 15 is 0 Å². The summed E-state index contributed by atoms with van der Waals surface area (Å²) in [6.07, 6.45) is -4.15. The van der Waals surface area contributed by atoms with Crippen molar-refractivity contribution in [2.45, 2.75) is 12.3 Å². The van der Waals surface area contributed by atoms with Gasteiger partial charge in [0.1, 0.15) is 11.8 Å². The minimum Gasteiger partial charge on any atom is -0.386 e. The van der Waals surface area contributed by atoms with E-state index in [0.717, 1.165) is 27.2 Å². The van der Waals surface area contributed by atoms with Crippen LogP contribution in [0.25, 0.3) is 10.1 Å². The number of fused-ring (bicyclic) bond motifs is 1. The molecular formula is C19H22F3IN6OS. The van der Waals surface area contributed by atoms with Crippen LogP contribution in [0.1, 0.15) is 16.7 Å². The van der Waals surface area contributed by atoms with Crippen LogP contribution in [0, 0.1) is 0 Å². The smallest absolute Gasteiger partial charge is 0.386 e. The summed E-state index contributed by atoms with van der Waals surface area (Å²) < 4.78 is 39.1. The predicted octanol–water partition coefficient (Wildman–Crippen LogP) is 3.64. The molecule has 0 amide bonds. The average molecular weight is 566 g/mol. The monoisotopic (exact) mass is 566 g/mol. The van der Waals surface area contributed by atoms with Crippen LogP contribution in [-0.2, 0) is 6.18 Å². The van der Waals surface area contributed by atoms with Crippen molar-refractivity contribution in [2.24, 2.45) is 4.99 Å². The van der Waals surface area contributed by atoms with E-state index in [1.54, 1.807) is 7.05 Å². The highest BCUT2D eigenvalue weighted by Crippen LogP contribution is 2.29. The van der Waals surface area contributed by atoms with E-state index in [1.807, 2.05) is 30.3 Å². The maximum Gasteiger partial charge on any atom is 0.433 e. The molecule has 0 saturated carbocycles. The van der Waals surface area contributed by atoms with Crippen molar-refractivity contribution in [3.63, 3.8) is 0 Å². The molecule has 12 heteroatoms. The molecule has 3 aromatic rings. The lowest BCUT2D eigenvalue weighted by molar-refractivity contribution is -0.141. The maximum atomic E-state index is 12.7. The van der Waals surface area contributed by atoms with Gasteiger partial charge in [0.05, 0.1) is 0 Å². The highest BCUT2D eigenvalue weighted by atomic mass is 127. The number of rotatable bonds is 7. The Kier molecular flexibility index (Phi) is 9.25. The third-order valence-electron chi connectivity index (χ3n) is 4.11. The van der Waals surface area contributed by atoms with Crippen LogP contribution in [0.5, 0.6) is 0 Å². The minimum absolute atomic E-state index is 0. The molecule has 0 aliphatic rings. The third-order valence-corrected chi connectivity index (χ3v) is 5.32. The Morgan fingerprint density at radius 2 is 1.97 bits per heavy atom. The summed E-state index contributed by atoms with van der Waals surface area (Å²) in [7, 11) is 1.59. The standard InChI is InChI=1S/C19H21F3N6OS.HI/c1-23-17(25-8-9-26-18-24-7-6-16(28-18)19(20,21)22)27-11-13(29)15-10-12-4-2-3-5-14(12)30-15;/h2-7,10,13,29H,8-9,11H2,1H3,(H2,23,25,27)(H,24,26,28);1H. The van der Waals surface area contributed by atoms with E-state index in [1.165, 1.54) is 11.3 Å². The number of alkyl halides is 3. The van der Waals surface area contributed by atoms with Crippen molar-refractivity contribution in [3.05, 3.63) is 53.2 Å². The fraction of sp³-hybridized carbons (Fsp3) is 0.316. The number of guanidine groups is 1. The number of anilines is 1. The molecule has 0 spiro atoms. The molecule has 1 atom stereocenters. The van der Waals surface area contributed by atoms with Crippen LogP contribution >= 0.6 is 35.3 Å².